The molecule has 9 heteroatoms. The van der Waals surface area contributed by atoms with Crippen LogP contribution in [-0.4, -0.2) is 30.5 Å². The fraction of sp³-hybridized carbons (Fsp3) is 0.105. The van der Waals surface area contributed by atoms with Crippen molar-refractivity contribution in [1.29, 1.82) is 0 Å². The molecule has 0 unspecified atom stereocenters. The van der Waals surface area contributed by atoms with Crippen molar-refractivity contribution in [1.82, 2.24) is 24.5 Å². The van der Waals surface area contributed by atoms with Crippen molar-refractivity contribution >= 4 is 34.4 Å². The van der Waals surface area contributed by atoms with Crippen molar-refractivity contribution in [2.75, 3.05) is 5.32 Å². The Labute approximate surface area is 164 Å². The molecule has 0 saturated heterocycles. The lowest BCUT2D eigenvalue weighted by Crippen LogP contribution is -2.28. The van der Waals surface area contributed by atoms with E-state index in [-0.39, 0.29) is 18.0 Å². The van der Waals surface area contributed by atoms with E-state index < -0.39 is 5.56 Å². The molecule has 1 N–H and O–H groups in total. The lowest BCUT2D eigenvalue weighted by atomic mass is 10.2. The highest BCUT2D eigenvalue weighted by Crippen LogP contribution is 2.20. The number of hydrogen-bond donors (Lipinski definition) is 1. The van der Waals surface area contributed by atoms with E-state index in [1.807, 2.05) is 37.3 Å². The number of anilines is 1. The smallest absolute Gasteiger partial charge is 0.284 e. The van der Waals surface area contributed by atoms with Crippen molar-refractivity contribution in [3.8, 4) is 5.69 Å². The Bertz CT molecular complexity index is 1230. The number of para-hydroxylation sites is 1. The van der Waals surface area contributed by atoms with Crippen molar-refractivity contribution in [3.05, 3.63) is 75.8 Å². The molecule has 0 fully saturated rings. The molecule has 8 nitrogen and oxygen atoms in total. The number of nitrogens with one attached hydrogen (secondary N) is 1. The second kappa shape index (κ2) is 7.24. The van der Waals surface area contributed by atoms with Gasteiger partial charge in [0.05, 0.1) is 5.69 Å². The minimum atomic E-state index is -0.440. The van der Waals surface area contributed by atoms with Crippen molar-refractivity contribution < 1.29 is 4.79 Å². The van der Waals surface area contributed by atoms with Crippen LogP contribution >= 0.6 is 11.6 Å². The first-order valence-corrected chi connectivity index (χ1v) is 8.83. The number of amides is 1. The standard InChI is InChI=1S/C19H15ClN6O2/c1-12-7-8-13(9-15(12)20)22-16(27)10-25-11-21-18-17(19(25)28)23-24-26(18)14-5-3-2-4-6-14/h2-9,11H,10H2,1H3,(H,22,27). The SMILES string of the molecule is Cc1ccc(NC(=O)Cn2cnc3c(nnn3-c3ccccc3)c2=O)cc1Cl. The Kier molecular flexibility index (Phi) is 4.62. The summed E-state index contributed by atoms with van der Waals surface area (Å²) in [5.74, 6) is -0.376. The van der Waals surface area contributed by atoms with Crippen molar-refractivity contribution in [2.24, 2.45) is 0 Å². The van der Waals surface area contributed by atoms with Crippen molar-refractivity contribution in [2.45, 2.75) is 13.5 Å². The van der Waals surface area contributed by atoms with Gasteiger partial charge in [-0.3, -0.25) is 14.2 Å². The Morgan fingerprint density at radius 2 is 1.96 bits per heavy atom. The highest BCUT2D eigenvalue weighted by atomic mass is 35.5. The number of rotatable bonds is 4. The van der Waals surface area contributed by atoms with Gasteiger partial charge in [-0.25, -0.2) is 4.98 Å². The Morgan fingerprint density at radius 1 is 1.18 bits per heavy atom. The van der Waals surface area contributed by atoms with Gasteiger partial charge in [-0.2, -0.15) is 4.68 Å². The van der Waals surface area contributed by atoms with Crippen LogP contribution in [0.4, 0.5) is 5.69 Å². The second-order valence-corrected chi connectivity index (χ2v) is 6.61. The molecule has 0 aliphatic carbocycles. The first kappa shape index (κ1) is 17.9. The van der Waals surface area contributed by atoms with Gasteiger partial charge in [0.15, 0.2) is 11.2 Å². The first-order valence-electron chi connectivity index (χ1n) is 8.45. The summed E-state index contributed by atoms with van der Waals surface area (Å²) >= 11 is 6.07. The molecule has 0 aliphatic rings. The number of hydrogen-bond acceptors (Lipinski definition) is 5. The maximum Gasteiger partial charge on any atom is 0.284 e. The summed E-state index contributed by atoms with van der Waals surface area (Å²) in [6, 6.07) is 14.5. The molecule has 2 aromatic carbocycles. The zero-order valence-corrected chi connectivity index (χ0v) is 15.6. The monoisotopic (exact) mass is 394 g/mol. The molecule has 0 spiro atoms. The average molecular weight is 395 g/mol. The van der Waals surface area contributed by atoms with Crippen LogP contribution in [0.15, 0.2) is 59.7 Å². The summed E-state index contributed by atoms with van der Waals surface area (Å²) in [6.45, 7) is 1.67. The zero-order chi connectivity index (χ0) is 19.7. The van der Waals surface area contributed by atoms with Crippen LogP contribution in [0.5, 0.6) is 0 Å². The normalized spacial score (nSPS) is 10.9. The minimum Gasteiger partial charge on any atom is -0.324 e. The number of halogens is 1. The minimum absolute atomic E-state index is 0.0949. The summed E-state index contributed by atoms with van der Waals surface area (Å²) in [6.07, 6.45) is 1.31. The third kappa shape index (κ3) is 3.37. The Balaban J connectivity index is 1.59. The van der Waals surface area contributed by atoms with Crippen LogP contribution in [0, 0.1) is 6.92 Å². The molecule has 28 heavy (non-hydrogen) atoms. The second-order valence-electron chi connectivity index (χ2n) is 6.20. The fourth-order valence-corrected chi connectivity index (χ4v) is 2.91. The third-order valence-electron chi connectivity index (χ3n) is 4.20. The number of aryl methyl sites for hydroxylation is 1. The molecule has 4 aromatic rings. The van der Waals surface area contributed by atoms with E-state index in [1.54, 1.807) is 18.2 Å². The quantitative estimate of drug-likeness (QED) is 0.574. The molecule has 140 valence electrons. The van der Waals surface area contributed by atoms with E-state index >= 15 is 0 Å². The molecular weight excluding hydrogens is 380 g/mol. The summed E-state index contributed by atoms with van der Waals surface area (Å²) in [4.78, 5) is 29.2. The van der Waals surface area contributed by atoms with Gasteiger partial charge in [0.2, 0.25) is 5.91 Å². The van der Waals surface area contributed by atoms with Crippen LogP contribution in [-0.2, 0) is 11.3 Å². The van der Waals surface area contributed by atoms with Gasteiger partial charge in [-0.15, -0.1) is 5.10 Å². The number of carbonyl (C=O) groups excluding carboxylic acids is 1. The zero-order valence-electron chi connectivity index (χ0n) is 14.8. The maximum absolute atomic E-state index is 12.7. The largest absolute Gasteiger partial charge is 0.324 e. The number of fused-ring (bicyclic) bond motifs is 1. The van der Waals surface area contributed by atoms with E-state index in [1.165, 1.54) is 15.6 Å². The van der Waals surface area contributed by atoms with Gasteiger partial charge >= 0.3 is 0 Å². The molecule has 0 aliphatic heterocycles. The number of carbonyl (C=O) groups is 1. The maximum atomic E-state index is 12.7. The van der Waals surface area contributed by atoms with Crippen LogP contribution in [0.2, 0.25) is 5.02 Å². The number of aromatic nitrogens is 5. The fourth-order valence-electron chi connectivity index (χ4n) is 2.73. The van der Waals surface area contributed by atoms with Crippen LogP contribution < -0.4 is 10.9 Å². The number of nitrogens with zero attached hydrogens (tertiary/aromatic N) is 5. The van der Waals surface area contributed by atoms with E-state index in [0.29, 0.717) is 16.4 Å². The molecule has 2 aromatic heterocycles. The van der Waals surface area contributed by atoms with Crippen LogP contribution in [0.25, 0.3) is 16.9 Å². The van der Waals surface area contributed by atoms with Crippen molar-refractivity contribution in [3.63, 3.8) is 0 Å². The summed E-state index contributed by atoms with van der Waals surface area (Å²) in [7, 11) is 0. The van der Waals surface area contributed by atoms with Gasteiger partial charge in [-0.05, 0) is 36.8 Å². The molecule has 0 atom stereocenters. The highest BCUT2D eigenvalue weighted by Gasteiger charge is 2.15. The molecule has 4 rings (SSSR count). The van der Waals surface area contributed by atoms with E-state index in [2.05, 4.69) is 20.6 Å². The van der Waals surface area contributed by atoms with Crippen LogP contribution in [0.1, 0.15) is 5.56 Å². The molecule has 0 radical (unpaired) electrons. The highest BCUT2D eigenvalue weighted by molar-refractivity contribution is 6.31. The van der Waals surface area contributed by atoms with Gasteiger partial charge in [0.25, 0.3) is 5.56 Å². The predicted molar refractivity (Wildman–Crippen MR) is 106 cm³/mol. The van der Waals surface area contributed by atoms with Gasteiger partial charge in [0, 0.05) is 10.7 Å². The van der Waals surface area contributed by atoms with E-state index in [4.69, 9.17) is 11.6 Å². The van der Waals surface area contributed by atoms with Gasteiger partial charge < -0.3 is 5.32 Å². The molecule has 2 heterocycles. The predicted octanol–water partition coefficient (Wildman–Crippen LogP) is 2.58. The third-order valence-corrected chi connectivity index (χ3v) is 4.61. The molecular formula is C19H15ClN6O2. The summed E-state index contributed by atoms with van der Waals surface area (Å²) in [5, 5.41) is 11.2. The van der Waals surface area contributed by atoms with Gasteiger partial charge in [0.1, 0.15) is 12.9 Å². The lowest BCUT2D eigenvalue weighted by molar-refractivity contribution is -0.116. The molecule has 0 bridgehead atoms. The average Bonchev–Trinajstić information content (AvgIpc) is 3.12. The topological polar surface area (TPSA) is 94.7 Å². The summed E-state index contributed by atoms with van der Waals surface area (Å²) in [5.41, 5.74) is 2.19. The molecule has 0 saturated carbocycles. The number of benzene rings is 2. The molecule has 1 amide bonds. The Hall–Kier alpha value is -3.52. The lowest BCUT2D eigenvalue weighted by Gasteiger charge is -2.08. The van der Waals surface area contributed by atoms with Crippen LogP contribution in [0.3, 0.4) is 0 Å². The summed E-state index contributed by atoms with van der Waals surface area (Å²) < 4.78 is 2.67. The first-order chi connectivity index (χ1) is 13.5. The van der Waals surface area contributed by atoms with E-state index in [9.17, 15) is 9.59 Å². The van der Waals surface area contributed by atoms with E-state index in [0.717, 1.165) is 11.3 Å². The van der Waals surface area contributed by atoms with Gasteiger partial charge in [-0.1, -0.05) is 41.1 Å². The Morgan fingerprint density at radius 3 is 2.71 bits per heavy atom.